The third kappa shape index (κ3) is 4.96. The van der Waals surface area contributed by atoms with Crippen molar-refractivity contribution in [2.45, 2.75) is 12.5 Å². The van der Waals surface area contributed by atoms with Gasteiger partial charge in [0.25, 0.3) is 0 Å². The number of methoxy groups -OCH3 is 1. The number of benzene rings is 1. The van der Waals surface area contributed by atoms with E-state index in [1.165, 1.54) is 4.90 Å². The summed E-state index contributed by atoms with van der Waals surface area (Å²) in [4.78, 5) is 12.9. The van der Waals surface area contributed by atoms with Gasteiger partial charge in [-0.3, -0.25) is 4.79 Å². The molecule has 97 valence electrons. The zero-order valence-electron chi connectivity index (χ0n) is 10.9. The van der Waals surface area contributed by atoms with Crippen LogP contribution in [0.5, 0.6) is 5.75 Å². The molecule has 0 fully saturated rings. The number of carbonyl (C=O) groups is 1. The first-order valence-corrected chi connectivity index (χ1v) is 5.10. The molecule has 0 saturated heterocycles. The smallest absolute Gasteiger partial charge is 0.204 e. The van der Waals surface area contributed by atoms with Crippen LogP contribution in [0.25, 0.3) is 5.73 Å². The maximum atomic E-state index is 11.5. The summed E-state index contributed by atoms with van der Waals surface area (Å²) in [5, 5.41) is 0. The van der Waals surface area contributed by atoms with Gasteiger partial charge in [-0.15, -0.1) is 0 Å². The van der Waals surface area contributed by atoms with Gasteiger partial charge in [-0.1, -0.05) is 18.2 Å². The predicted molar refractivity (Wildman–Crippen MR) is 63.5 cm³/mol. The molecule has 0 saturated carbocycles. The number of hydrogen-bond acceptors (Lipinski definition) is 2. The summed E-state index contributed by atoms with van der Waals surface area (Å²) in [6.07, 6.45) is 0.432. The van der Waals surface area contributed by atoms with Gasteiger partial charge in [0.05, 0.1) is 7.11 Å². The molecule has 0 bridgehead atoms. The van der Waals surface area contributed by atoms with Gasteiger partial charge in [0.2, 0.25) is 5.91 Å². The van der Waals surface area contributed by atoms with E-state index < -0.39 is 6.04 Å². The molecule has 1 rings (SSSR count). The number of nitrogens with one attached hydrogen (secondary N) is 1. The Hall–Kier alpha value is -1.89. The SMILES string of the molecule is COc1ccc(CC([NH-])C(=O)N(C)C)cc1.[Re].[Rf]. The Bertz CT molecular complexity index is 358. The standard InChI is InChI=1S/C12H17N2O2.Re.Rf/c1-14(2)12(15)11(13)8-9-4-6-10(16-3)7-5-9;;/h4-7,11,13H,8H2,1-3H3;;/q-1;;. The Kier molecular flexibility index (Phi) is 8.46. The molecule has 18 heavy (non-hydrogen) atoms. The first-order valence-electron chi connectivity index (χ1n) is 5.10. The summed E-state index contributed by atoms with van der Waals surface area (Å²) in [6, 6.07) is 6.69. The normalized spacial score (nSPS) is 10.7. The fourth-order valence-corrected chi connectivity index (χ4v) is 1.40. The number of amides is 1. The number of carbonyl (C=O) groups excluding carboxylic acids is 1. The Balaban J connectivity index is 0. The van der Waals surface area contributed by atoms with Crippen LogP contribution in [0.15, 0.2) is 24.3 Å². The first-order chi connectivity index (χ1) is 7.54. The Morgan fingerprint density at radius 1 is 1.33 bits per heavy atom. The summed E-state index contributed by atoms with van der Waals surface area (Å²) in [5.74, 6) is 0.611. The first kappa shape index (κ1) is 18.5. The zero-order valence-corrected chi connectivity index (χ0v) is 20.1. The second-order valence-corrected chi connectivity index (χ2v) is 3.84. The molecule has 1 unspecified atom stereocenters. The maximum Gasteiger partial charge on any atom is 0.204 e. The topological polar surface area (TPSA) is 53.3 Å². The van der Waals surface area contributed by atoms with Crippen molar-refractivity contribution in [3.05, 3.63) is 35.6 Å². The van der Waals surface area contributed by atoms with E-state index in [0.717, 1.165) is 11.3 Å². The van der Waals surface area contributed by atoms with Crippen LogP contribution in [0.1, 0.15) is 5.56 Å². The number of ether oxygens (including phenoxy) is 1. The summed E-state index contributed by atoms with van der Waals surface area (Å²) in [6.45, 7) is 0. The molecular formula is C12H17N2O2ReRf-. The van der Waals surface area contributed by atoms with Gasteiger partial charge < -0.3 is 15.4 Å². The van der Waals surface area contributed by atoms with Gasteiger partial charge in [0, 0.05) is 34.5 Å². The van der Waals surface area contributed by atoms with Crippen molar-refractivity contribution >= 4 is 5.91 Å². The number of nitrogens with zero attached hydrogens (tertiary/aromatic N) is 1. The summed E-state index contributed by atoms with van der Waals surface area (Å²) in [5.41, 5.74) is 8.69. The van der Waals surface area contributed by atoms with E-state index in [1.54, 1.807) is 21.2 Å². The molecular weight excluding hydrogens is 657 g/mol. The number of hydrogen-bond donors (Lipinski definition) is 0. The molecule has 0 spiro atoms. The largest absolute Gasteiger partial charge is 0.667 e. The predicted octanol–water partition coefficient (Wildman–Crippen LogP) is 1.74. The average molecular weight is 674 g/mol. The van der Waals surface area contributed by atoms with E-state index >= 15 is 0 Å². The molecule has 0 aliphatic rings. The molecule has 1 aromatic carbocycles. The third-order valence-electron chi connectivity index (χ3n) is 2.34. The molecule has 1 aromatic rings. The fraction of sp³-hybridized carbons (Fsp3) is 0.417. The molecule has 6 heteroatoms. The van der Waals surface area contributed by atoms with E-state index in [9.17, 15) is 4.79 Å². The van der Waals surface area contributed by atoms with Gasteiger partial charge in [-0.05, 0) is 24.1 Å². The van der Waals surface area contributed by atoms with Gasteiger partial charge in [0.15, 0.2) is 0 Å². The second kappa shape index (κ2) is 8.24. The van der Waals surface area contributed by atoms with E-state index in [4.69, 9.17) is 10.5 Å². The van der Waals surface area contributed by atoms with Crippen molar-refractivity contribution in [3.8, 4) is 5.75 Å². The summed E-state index contributed by atoms with van der Waals surface area (Å²) in [7, 11) is 4.94. The van der Waals surface area contributed by atoms with E-state index in [2.05, 4.69) is 0 Å². The van der Waals surface area contributed by atoms with Crippen LogP contribution in [-0.4, -0.2) is 38.1 Å². The summed E-state index contributed by atoms with van der Waals surface area (Å²) < 4.78 is 5.04. The monoisotopic (exact) mass is 675 g/mol. The molecule has 1 N–H and O–H groups in total. The quantitative estimate of drug-likeness (QED) is 0.490. The molecule has 1 radical (unpaired) electrons. The van der Waals surface area contributed by atoms with Crippen LogP contribution in [0.3, 0.4) is 0 Å². The zero-order chi connectivity index (χ0) is 12.1. The van der Waals surface area contributed by atoms with Crippen molar-refractivity contribution in [2.24, 2.45) is 0 Å². The minimum atomic E-state index is -0.733. The van der Waals surface area contributed by atoms with Crippen molar-refractivity contribution in [1.82, 2.24) is 4.90 Å². The minimum absolute atomic E-state index is 0. The van der Waals surface area contributed by atoms with Crippen molar-refractivity contribution < 1.29 is 30.0 Å². The van der Waals surface area contributed by atoms with Crippen LogP contribution in [-0.2, 0) is 31.6 Å². The fourth-order valence-electron chi connectivity index (χ4n) is 1.40. The third-order valence-corrected chi connectivity index (χ3v) is 2.34. The minimum Gasteiger partial charge on any atom is -0.667 e. The molecule has 0 heterocycles. The molecule has 0 aliphatic carbocycles. The van der Waals surface area contributed by atoms with E-state index in [1.807, 2.05) is 24.3 Å². The number of rotatable bonds is 4. The average Bonchev–Trinajstić information content (AvgIpc) is 2.28. The number of likely N-dealkylation sites (N-methyl/N-ethyl adjacent to an activating group) is 1. The molecule has 0 aromatic heterocycles. The van der Waals surface area contributed by atoms with Crippen molar-refractivity contribution in [1.29, 1.82) is 0 Å². The summed E-state index contributed by atoms with van der Waals surface area (Å²) >= 11 is 0. The molecule has 4 nitrogen and oxygen atoms in total. The van der Waals surface area contributed by atoms with Crippen LogP contribution in [0.4, 0.5) is 0 Å². The van der Waals surface area contributed by atoms with Gasteiger partial charge in [0.1, 0.15) is 5.75 Å². The van der Waals surface area contributed by atoms with Gasteiger partial charge >= 0.3 is 0 Å². The molecule has 1 amide bonds. The second-order valence-electron chi connectivity index (χ2n) is 3.84. The maximum absolute atomic E-state index is 11.5. The van der Waals surface area contributed by atoms with Crippen LogP contribution < -0.4 is 4.74 Å². The Morgan fingerprint density at radius 2 is 1.83 bits per heavy atom. The van der Waals surface area contributed by atoms with Crippen LogP contribution in [0, 0.1) is 0 Å². The Morgan fingerprint density at radius 3 is 2.22 bits per heavy atom. The van der Waals surface area contributed by atoms with Gasteiger partial charge in [-0.2, -0.15) is 0 Å². The van der Waals surface area contributed by atoms with Gasteiger partial charge in [-0.25, -0.2) is 0 Å². The van der Waals surface area contributed by atoms with E-state index in [-0.39, 0.29) is 26.3 Å². The van der Waals surface area contributed by atoms with Crippen LogP contribution >= 0.6 is 0 Å². The Labute approximate surface area is 116 Å². The van der Waals surface area contributed by atoms with Crippen molar-refractivity contribution in [2.75, 3.05) is 21.2 Å². The van der Waals surface area contributed by atoms with Crippen LogP contribution in [0.2, 0.25) is 0 Å². The van der Waals surface area contributed by atoms with E-state index in [0.29, 0.717) is 6.42 Å². The molecule has 0 aliphatic heterocycles. The van der Waals surface area contributed by atoms with Crippen molar-refractivity contribution in [3.63, 3.8) is 0 Å². The molecule has 1 atom stereocenters.